The number of ether oxygens (including phenoxy) is 1. The number of unbranched alkanes of at least 4 members (excludes halogenated alkanes) is 5. The van der Waals surface area contributed by atoms with Crippen molar-refractivity contribution in [1.82, 2.24) is 5.32 Å². The molecule has 0 amide bonds. The third-order valence-electron chi connectivity index (χ3n) is 2.39. The first-order valence-electron chi connectivity index (χ1n) is 6.17. The third-order valence-corrected chi connectivity index (χ3v) is 2.39. The number of nitrogens with one attached hydrogen (secondary N) is 1. The van der Waals surface area contributed by atoms with Gasteiger partial charge in [-0.1, -0.05) is 26.2 Å². The lowest BCUT2D eigenvalue weighted by Gasteiger charge is -2.04. The van der Waals surface area contributed by atoms with E-state index in [1.54, 1.807) is 0 Å². The number of hydrogen-bond acceptors (Lipinski definition) is 3. The standard InChI is InChI=1S/C12H25NO2/c1-2-3-4-6-9-13-10-7-5-8-11-15-12-14/h12-13H,2-11H2,1H3. The second-order valence-corrected chi connectivity index (χ2v) is 3.84. The fraction of sp³-hybridized carbons (Fsp3) is 0.917. The average molecular weight is 215 g/mol. The summed E-state index contributed by atoms with van der Waals surface area (Å²) >= 11 is 0. The fourth-order valence-electron chi connectivity index (χ4n) is 1.46. The summed E-state index contributed by atoms with van der Waals surface area (Å²) in [5.41, 5.74) is 0. The second kappa shape index (κ2) is 13.4. The predicted molar refractivity (Wildman–Crippen MR) is 62.9 cm³/mol. The lowest BCUT2D eigenvalue weighted by molar-refractivity contribution is -0.128. The van der Waals surface area contributed by atoms with Gasteiger partial charge in [-0.3, -0.25) is 4.79 Å². The smallest absolute Gasteiger partial charge is 0.293 e. The van der Waals surface area contributed by atoms with Gasteiger partial charge in [0.15, 0.2) is 0 Å². The number of carbonyl (C=O) groups is 1. The van der Waals surface area contributed by atoms with Crippen molar-refractivity contribution in [3.8, 4) is 0 Å². The van der Waals surface area contributed by atoms with E-state index in [0.29, 0.717) is 13.1 Å². The van der Waals surface area contributed by atoms with Gasteiger partial charge in [-0.2, -0.15) is 0 Å². The number of rotatable bonds is 12. The van der Waals surface area contributed by atoms with Crippen molar-refractivity contribution in [1.29, 1.82) is 0 Å². The van der Waals surface area contributed by atoms with Crippen molar-refractivity contribution in [2.45, 2.75) is 51.9 Å². The minimum Gasteiger partial charge on any atom is -0.468 e. The van der Waals surface area contributed by atoms with Crippen molar-refractivity contribution in [3.63, 3.8) is 0 Å². The minimum absolute atomic E-state index is 0.520. The van der Waals surface area contributed by atoms with Crippen LogP contribution in [0.25, 0.3) is 0 Å². The van der Waals surface area contributed by atoms with Gasteiger partial charge in [0.05, 0.1) is 6.61 Å². The maximum atomic E-state index is 9.83. The lowest BCUT2D eigenvalue weighted by Crippen LogP contribution is -2.16. The van der Waals surface area contributed by atoms with E-state index in [-0.39, 0.29) is 0 Å². The molecule has 0 aliphatic carbocycles. The highest BCUT2D eigenvalue weighted by molar-refractivity contribution is 5.36. The molecule has 90 valence electrons. The summed E-state index contributed by atoms with van der Waals surface area (Å²) in [4.78, 5) is 9.83. The number of hydrogen-bond donors (Lipinski definition) is 1. The maximum Gasteiger partial charge on any atom is 0.293 e. The van der Waals surface area contributed by atoms with Crippen LogP contribution in [0.3, 0.4) is 0 Å². The molecule has 0 aliphatic rings. The van der Waals surface area contributed by atoms with Crippen molar-refractivity contribution in [2.75, 3.05) is 19.7 Å². The minimum atomic E-state index is 0.520. The zero-order valence-electron chi connectivity index (χ0n) is 9.96. The Morgan fingerprint density at radius 2 is 1.67 bits per heavy atom. The molecule has 0 atom stereocenters. The summed E-state index contributed by atoms with van der Waals surface area (Å²) in [6, 6.07) is 0. The maximum absolute atomic E-state index is 9.83. The van der Waals surface area contributed by atoms with Gasteiger partial charge in [-0.05, 0) is 38.8 Å². The first kappa shape index (κ1) is 14.4. The summed E-state index contributed by atoms with van der Waals surface area (Å²) in [5, 5.41) is 3.42. The van der Waals surface area contributed by atoms with E-state index in [1.165, 1.54) is 32.1 Å². The normalized spacial score (nSPS) is 10.2. The van der Waals surface area contributed by atoms with E-state index in [0.717, 1.165) is 25.9 Å². The Labute approximate surface area is 93.6 Å². The quantitative estimate of drug-likeness (QED) is 0.401. The highest BCUT2D eigenvalue weighted by Gasteiger charge is 1.91. The second-order valence-electron chi connectivity index (χ2n) is 3.84. The molecule has 0 spiro atoms. The van der Waals surface area contributed by atoms with Crippen molar-refractivity contribution in [2.24, 2.45) is 0 Å². The highest BCUT2D eigenvalue weighted by Crippen LogP contribution is 1.97. The molecule has 0 unspecified atom stereocenters. The molecule has 3 heteroatoms. The molecule has 1 N–H and O–H groups in total. The largest absolute Gasteiger partial charge is 0.468 e. The van der Waals surface area contributed by atoms with Gasteiger partial charge in [0.1, 0.15) is 0 Å². The average Bonchev–Trinajstić information content (AvgIpc) is 2.26. The first-order valence-corrected chi connectivity index (χ1v) is 6.17. The van der Waals surface area contributed by atoms with Gasteiger partial charge in [0.25, 0.3) is 6.47 Å². The van der Waals surface area contributed by atoms with Crippen molar-refractivity contribution >= 4 is 6.47 Å². The van der Waals surface area contributed by atoms with Crippen LogP contribution in [-0.4, -0.2) is 26.2 Å². The molecule has 0 saturated carbocycles. The molecular formula is C12H25NO2. The van der Waals surface area contributed by atoms with E-state index >= 15 is 0 Å². The summed E-state index contributed by atoms with van der Waals surface area (Å²) in [5.74, 6) is 0. The van der Waals surface area contributed by atoms with E-state index in [2.05, 4.69) is 17.0 Å². The van der Waals surface area contributed by atoms with Crippen LogP contribution in [0.4, 0.5) is 0 Å². The summed E-state index contributed by atoms with van der Waals surface area (Å²) in [6.45, 7) is 5.55. The van der Waals surface area contributed by atoms with Gasteiger partial charge in [-0.25, -0.2) is 0 Å². The van der Waals surface area contributed by atoms with Crippen LogP contribution in [0, 0.1) is 0 Å². The summed E-state index contributed by atoms with van der Waals surface area (Å²) in [6.07, 6.45) is 8.59. The summed E-state index contributed by atoms with van der Waals surface area (Å²) in [7, 11) is 0. The Kier molecular flexibility index (Phi) is 12.9. The van der Waals surface area contributed by atoms with E-state index in [9.17, 15) is 4.79 Å². The van der Waals surface area contributed by atoms with Crippen molar-refractivity contribution < 1.29 is 9.53 Å². The van der Waals surface area contributed by atoms with Gasteiger partial charge < -0.3 is 10.1 Å². The zero-order valence-corrected chi connectivity index (χ0v) is 9.96. The van der Waals surface area contributed by atoms with E-state index in [4.69, 9.17) is 0 Å². The van der Waals surface area contributed by atoms with Crippen LogP contribution >= 0.6 is 0 Å². The van der Waals surface area contributed by atoms with Crippen LogP contribution in [-0.2, 0) is 9.53 Å². The zero-order chi connectivity index (χ0) is 11.2. The Bertz CT molecular complexity index is 129. The molecule has 0 aromatic rings. The molecule has 0 radical (unpaired) electrons. The molecule has 0 aromatic carbocycles. The molecule has 0 saturated heterocycles. The molecule has 0 heterocycles. The molecule has 15 heavy (non-hydrogen) atoms. The first-order chi connectivity index (χ1) is 7.41. The topological polar surface area (TPSA) is 38.3 Å². The highest BCUT2D eigenvalue weighted by atomic mass is 16.5. The molecule has 0 aromatic heterocycles. The Morgan fingerprint density at radius 1 is 1.00 bits per heavy atom. The van der Waals surface area contributed by atoms with Crippen molar-refractivity contribution in [3.05, 3.63) is 0 Å². The molecule has 3 nitrogen and oxygen atoms in total. The van der Waals surface area contributed by atoms with Gasteiger partial charge in [0, 0.05) is 0 Å². The van der Waals surface area contributed by atoms with E-state index in [1.807, 2.05) is 0 Å². The monoisotopic (exact) mass is 215 g/mol. The van der Waals surface area contributed by atoms with Crippen LogP contribution in [0.1, 0.15) is 51.9 Å². The van der Waals surface area contributed by atoms with Crippen LogP contribution in [0.5, 0.6) is 0 Å². The van der Waals surface area contributed by atoms with Crippen LogP contribution < -0.4 is 5.32 Å². The van der Waals surface area contributed by atoms with E-state index < -0.39 is 0 Å². The summed E-state index contributed by atoms with van der Waals surface area (Å²) < 4.78 is 4.60. The Hall–Kier alpha value is -0.570. The van der Waals surface area contributed by atoms with Gasteiger partial charge in [-0.15, -0.1) is 0 Å². The Morgan fingerprint density at radius 3 is 2.27 bits per heavy atom. The van der Waals surface area contributed by atoms with Gasteiger partial charge in [0.2, 0.25) is 0 Å². The third kappa shape index (κ3) is 13.4. The van der Waals surface area contributed by atoms with Gasteiger partial charge >= 0.3 is 0 Å². The molecule has 0 aliphatic heterocycles. The molecule has 0 rings (SSSR count). The molecule has 0 bridgehead atoms. The van der Waals surface area contributed by atoms with Crippen LogP contribution in [0.15, 0.2) is 0 Å². The molecule has 0 fully saturated rings. The SMILES string of the molecule is CCCCCCNCCCCCOC=O. The fourth-order valence-corrected chi connectivity index (χ4v) is 1.46. The molecular weight excluding hydrogens is 190 g/mol. The Balaban J connectivity index is 2.83. The predicted octanol–water partition coefficient (Wildman–Crippen LogP) is 2.50. The van der Waals surface area contributed by atoms with Crippen LogP contribution in [0.2, 0.25) is 0 Å². The lowest BCUT2D eigenvalue weighted by atomic mass is 10.2. The number of carbonyl (C=O) groups excluding carboxylic acids is 1.